The van der Waals surface area contributed by atoms with Crippen LogP contribution >= 0.6 is 11.6 Å². The van der Waals surface area contributed by atoms with Gasteiger partial charge in [0.2, 0.25) is 0 Å². The second kappa shape index (κ2) is 14.6. The van der Waals surface area contributed by atoms with Crippen molar-refractivity contribution >= 4 is 22.5 Å². The molecular weight excluding hydrogens is 558 g/mol. The van der Waals surface area contributed by atoms with Crippen LogP contribution in [0.5, 0.6) is 0 Å². The number of benzene rings is 2. The summed E-state index contributed by atoms with van der Waals surface area (Å²) < 4.78 is 32.1. The van der Waals surface area contributed by atoms with Gasteiger partial charge in [0.15, 0.2) is 0 Å². The molecule has 5 rings (SSSR count). The first-order chi connectivity index (χ1) is 20.4. The van der Waals surface area contributed by atoms with E-state index in [1.165, 1.54) is 85.3 Å². The van der Waals surface area contributed by atoms with Gasteiger partial charge in [-0.15, -0.1) is 0 Å². The molecule has 7 nitrogen and oxygen atoms in total. The van der Waals surface area contributed by atoms with E-state index in [0.29, 0.717) is 0 Å². The van der Waals surface area contributed by atoms with Gasteiger partial charge in [0.1, 0.15) is 29.9 Å². The van der Waals surface area contributed by atoms with Crippen LogP contribution in [0.1, 0.15) is 50.5 Å². The van der Waals surface area contributed by atoms with Gasteiger partial charge in [-0.1, -0.05) is 55.8 Å². The summed E-state index contributed by atoms with van der Waals surface area (Å²) in [4.78, 5) is 8.56. The molecule has 1 aliphatic heterocycles. The molecule has 3 heterocycles. The summed E-state index contributed by atoms with van der Waals surface area (Å²) in [6, 6.07) is 11.6. The molecular formula is C32H41ClF2N6O. The highest BCUT2D eigenvalue weighted by Crippen LogP contribution is 2.28. The monoisotopic (exact) mass is 598 g/mol. The van der Waals surface area contributed by atoms with Crippen molar-refractivity contribution in [2.24, 2.45) is 0 Å². The van der Waals surface area contributed by atoms with Crippen molar-refractivity contribution in [3.05, 3.63) is 83.5 Å². The van der Waals surface area contributed by atoms with Crippen LogP contribution in [0.25, 0.3) is 10.9 Å². The highest BCUT2D eigenvalue weighted by molar-refractivity contribution is 6.31. The number of aromatic nitrogens is 4. The number of halogens is 3. The van der Waals surface area contributed by atoms with Crippen molar-refractivity contribution in [1.82, 2.24) is 29.1 Å². The molecule has 1 aliphatic rings. The number of hydrogen-bond acceptors (Lipinski definition) is 5. The van der Waals surface area contributed by atoms with E-state index in [2.05, 4.69) is 42.8 Å². The molecule has 1 saturated heterocycles. The lowest BCUT2D eigenvalue weighted by Crippen LogP contribution is -2.52. The summed E-state index contributed by atoms with van der Waals surface area (Å²) in [6.45, 7) is 5.76. The summed E-state index contributed by atoms with van der Waals surface area (Å²) in [7, 11) is 0. The van der Waals surface area contributed by atoms with Gasteiger partial charge in [-0.3, -0.25) is 4.90 Å². The average molecular weight is 599 g/mol. The number of aryl methyl sites for hydroxylation is 1. The Morgan fingerprint density at radius 2 is 1.52 bits per heavy atom. The summed E-state index contributed by atoms with van der Waals surface area (Å²) in [5.41, 5.74) is -0.269. The van der Waals surface area contributed by atoms with E-state index < -0.39 is 17.2 Å². The Kier molecular flexibility index (Phi) is 10.6. The number of fused-ring (bicyclic) bond motifs is 1. The second-order valence-corrected chi connectivity index (χ2v) is 12.0. The molecule has 2 aromatic heterocycles. The maximum atomic E-state index is 14.7. The van der Waals surface area contributed by atoms with Gasteiger partial charge in [0, 0.05) is 67.6 Å². The van der Waals surface area contributed by atoms with Crippen molar-refractivity contribution in [2.45, 2.75) is 63.6 Å². The first kappa shape index (κ1) is 30.6. The van der Waals surface area contributed by atoms with Crippen LogP contribution in [-0.2, 0) is 18.7 Å². The van der Waals surface area contributed by atoms with Gasteiger partial charge >= 0.3 is 0 Å². The van der Waals surface area contributed by atoms with Crippen LogP contribution in [0.2, 0.25) is 5.02 Å². The van der Waals surface area contributed by atoms with Crippen LogP contribution < -0.4 is 0 Å². The average Bonchev–Trinajstić information content (AvgIpc) is 3.62. The lowest BCUT2D eigenvalue weighted by Gasteiger charge is -2.39. The molecule has 0 spiro atoms. The quantitative estimate of drug-likeness (QED) is 0.168. The van der Waals surface area contributed by atoms with Crippen LogP contribution in [0.3, 0.4) is 0 Å². The summed E-state index contributed by atoms with van der Waals surface area (Å²) in [6.07, 6.45) is 13.7. The Labute approximate surface area is 251 Å². The highest BCUT2D eigenvalue weighted by Gasteiger charge is 2.36. The lowest BCUT2D eigenvalue weighted by atomic mass is 9.92. The number of β-amino-alcohol motifs (C(OH)–C–C–N with tert-alkyl or cyclic N) is 1. The fraction of sp³-hybridized carbons (Fsp3) is 0.500. The van der Waals surface area contributed by atoms with E-state index in [4.69, 9.17) is 11.6 Å². The Balaban J connectivity index is 0.973. The number of unbranched alkanes of at least 4 members (excludes halogenated alkanes) is 6. The Bertz CT molecular complexity index is 1410. The van der Waals surface area contributed by atoms with Crippen molar-refractivity contribution in [2.75, 3.05) is 39.3 Å². The van der Waals surface area contributed by atoms with Crippen molar-refractivity contribution in [1.29, 1.82) is 0 Å². The van der Waals surface area contributed by atoms with Crippen molar-refractivity contribution in [3.63, 3.8) is 0 Å². The normalized spacial score (nSPS) is 16.3. The number of rotatable bonds is 15. The van der Waals surface area contributed by atoms with Crippen LogP contribution in [0, 0.1) is 11.6 Å². The minimum atomic E-state index is -1.56. The van der Waals surface area contributed by atoms with E-state index in [-0.39, 0.29) is 18.7 Å². The van der Waals surface area contributed by atoms with Crippen LogP contribution in [0.15, 0.2) is 61.3 Å². The van der Waals surface area contributed by atoms with Gasteiger partial charge in [-0.2, -0.15) is 5.10 Å². The molecule has 0 amide bonds. The van der Waals surface area contributed by atoms with E-state index in [1.807, 2.05) is 12.1 Å². The molecule has 1 fully saturated rings. The predicted octanol–water partition coefficient (Wildman–Crippen LogP) is 6.10. The summed E-state index contributed by atoms with van der Waals surface area (Å²) in [5.74, 6) is -1.42. The number of aliphatic hydroxyl groups is 1. The number of nitrogens with zero attached hydrogens (tertiary/aromatic N) is 6. The van der Waals surface area contributed by atoms with E-state index >= 15 is 0 Å². The third kappa shape index (κ3) is 8.16. The smallest absolute Gasteiger partial charge is 0.137 e. The predicted molar refractivity (Wildman–Crippen MR) is 162 cm³/mol. The molecule has 10 heteroatoms. The largest absolute Gasteiger partial charge is 0.382 e. The fourth-order valence-electron chi connectivity index (χ4n) is 6.06. The van der Waals surface area contributed by atoms with Crippen LogP contribution in [0.4, 0.5) is 8.78 Å². The molecule has 2 aromatic carbocycles. The molecule has 1 unspecified atom stereocenters. The van der Waals surface area contributed by atoms with Gasteiger partial charge in [-0.25, -0.2) is 18.4 Å². The third-order valence-corrected chi connectivity index (χ3v) is 8.62. The summed E-state index contributed by atoms with van der Waals surface area (Å²) >= 11 is 6.17. The molecule has 0 saturated carbocycles. The van der Waals surface area contributed by atoms with Gasteiger partial charge < -0.3 is 14.6 Å². The van der Waals surface area contributed by atoms with E-state index in [1.54, 1.807) is 0 Å². The maximum absolute atomic E-state index is 14.7. The third-order valence-electron chi connectivity index (χ3n) is 8.38. The molecule has 0 radical (unpaired) electrons. The molecule has 42 heavy (non-hydrogen) atoms. The first-order valence-corrected chi connectivity index (χ1v) is 15.5. The number of piperazine rings is 1. The minimum absolute atomic E-state index is 0.0356. The standard InChI is InChI=1S/C32H41ClF2N6O/c33-27-9-8-26-12-15-40(31(26)20-27)14-7-5-3-1-2-4-6-13-38-16-18-39(19-17-38)22-32(42,23-41-25-36-24-37-41)29-11-10-28(34)21-30(29)35/h8-12,15,20-21,24-25,42H,1-7,13-14,16-19,22-23H2. The minimum Gasteiger partial charge on any atom is -0.382 e. The molecule has 0 aliphatic carbocycles. The van der Waals surface area contributed by atoms with Crippen molar-refractivity contribution in [3.8, 4) is 0 Å². The fourth-order valence-corrected chi connectivity index (χ4v) is 6.23. The topological polar surface area (TPSA) is 62.4 Å². The Morgan fingerprint density at radius 3 is 2.24 bits per heavy atom. The van der Waals surface area contributed by atoms with Crippen LogP contribution in [-0.4, -0.2) is 73.5 Å². The Hall–Kier alpha value is -2.85. The zero-order valence-corrected chi connectivity index (χ0v) is 24.9. The lowest BCUT2D eigenvalue weighted by molar-refractivity contribution is -0.0319. The van der Waals surface area contributed by atoms with Gasteiger partial charge in [0.05, 0.1) is 6.54 Å². The SMILES string of the molecule is OC(CN1CCN(CCCCCCCCCn2ccc3ccc(Cl)cc32)CC1)(Cn1cncn1)c1ccc(F)cc1F. The summed E-state index contributed by atoms with van der Waals surface area (Å²) in [5, 5.41) is 17.7. The molecule has 1 N–H and O–H groups in total. The molecule has 1 atom stereocenters. The van der Waals surface area contributed by atoms with Gasteiger partial charge in [0.25, 0.3) is 0 Å². The molecule has 226 valence electrons. The zero-order valence-electron chi connectivity index (χ0n) is 24.1. The zero-order chi connectivity index (χ0) is 29.4. The molecule has 0 bridgehead atoms. The van der Waals surface area contributed by atoms with Gasteiger partial charge in [-0.05, 0) is 49.0 Å². The highest BCUT2D eigenvalue weighted by atomic mass is 35.5. The van der Waals surface area contributed by atoms with E-state index in [9.17, 15) is 13.9 Å². The number of hydrogen-bond donors (Lipinski definition) is 1. The second-order valence-electron chi connectivity index (χ2n) is 11.6. The first-order valence-electron chi connectivity index (χ1n) is 15.1. The van der Waals surface area contributed by atoms with E-state index in [0.717, 1.165) is 50.4 Å². The Morgan fingerprint density at radius 1 is 0.810 bits per heavy atom. The van der Waals surface area contributed by atoms with Crippen molar-refractivity contribution < 1.29 is 13.9 Å². The maximum Gasteiger partial charge on any atom is 0.137 e. The molecule has 4 aromatic rings.